The van der Waals surface area contributed by atoms with Gasteiger partial charge in [0.1, 0.15) is 11.5 Å². The number of fused-ring (bicyclic) bond motifs is 1. The Morgan fingerprint density at radius 2 is 1.82 bits per heavy atom. The average molecular weight is 378 g/mol. The van der Waals surface area contributed by atoms with Crippen LogP contribution in [0.2, 0.25) is 0 Å². The zero-order chi connectivity index (χ0) is 19.7. The zero-order valence-corrected chi connectivity index (χ0v) is 15.1. The molecule has 1 saturated carbocycles. The fraction of sp³-hybridized carbons (Fsp3) is 0.190. The van der Waals surface area contributed by atoms with E-state index >= 15 is 0 Å². The number of nitrogens with zero attached hydrogens (tertiary/aromatic N) is 1. The largest absolute Gasteiger partial charge is 0.505 e. The number of benzene rings is 2. The van der Waals surface area contributed by atoms with Gasteiger partial charge in [-0.1, -0.05) is 18.2 Å². The minimum Gasteiger partial charge on any atom is -0.505 e. The van der Waals surface area contributed by atoms with Crippen molar-refractivity contribution in [3.05, 3.63) is 59.9 Å². The summed E-state index contributed by atoms with van der Waals surface area (Å²) in [5.74, 6) is -0.328. The molecular formula is C21H18N2O5. The Bertz CT molecular complexity index is 1060. The third-order valence-electron chi connectivity index (χ3n) is 4.42. The van der Waals surface area contributed by atoms with Crippen LogP contribution >= 0.6 is 0 Å². The van der Waals surface area contributed by atoms with Crippen LogP contribution in [-0.2, 0) is 9.63 Å². The maximum Gasteiger partial charge on any atom is 0.329 e. The molecule has 0 radical (unpaired) electrons. The predicted octanol–water partition coefficient (Wildman–Crippen LogP) is 3.82. The lowest BCUT2D eigenvalue weighted by molar-refractivity contribution is -0.146. The van der Waals surface area contributed by atoms with Crippen LogP contribution in [0.15, 0.2) is 48.5 Å². The van der Waals surface area contributed by atoms with Gasteiger partial charge in [-0.3, -0.25) is 9.59 Å². The molecule has 0 aliphatic heterocycles. The van der Waals surface area contributed by atoms with E-state index in [9.17, 15) is 14.7 Å². The molecule has 1 amide bonds. The minimum absolute atomic E-state index is 0.187. The standard InChI is InChI=1S/C21H18N2O5/c1-12(24)28-23-21(26)19-20(25)17-11-15(27-14-5-3-2-4-6-14)9-10-16(17)18(22-19)13-7-8-13/h2-6,9-11,13,25H,7-8H2,1H3,(H,23,26). The maximum absolute atomic E-state index is 12.3. The molecule has 7 nitrogen and oxygen atoms in total. The van der Waals surface area contributed by atoms with Gasteiger partial charge in [-0.25, -0.2) is 4.98 Å². The van der Waals surface area contributed by atoms with Gasteiger partial charge < -0.3 is 14.7 Å². The number of hydroxylamine groups is 1. The summed E-state index contributed by atoms with van der Waals surface area (Å²) < 4.78 is 5.84. The highest BCUT2D eigenvalue weighted by molar-refractivity contribution is 6.03. The van der Waals surface area contributed by atoms with Crippen LogP contribution in [0.25, 0.3) is 10.8 Å². The second kappa shape index (κ2) is 7.19. The molecule has 0 atom stereocenters. The number of amides is 1. The average Bonchev–Trinajstić information content (AvgIpc) is 3.53. The van der Waals surface area contributed by atoms with Crippen molar-refractivity contribution in [3.63, 3.8) is 0 Å². The second-order valence-corrected chi connectivity index (χ2v) is 6.62. The number of para-hydroxylation sites is 1. The van der Waals surface area contributed by atoms with Gasteiger partial charge in [-0.2, -0.15) is 5.48 Å². The van der Waals surface area contributed by atoms with Crippen molar-refractivity contribution < 1.29 is 24.3 Å². The predicted molar refractivity (Wildman–Crippen MR) is 101 cm³/mol. The topological polar surface area (TPSA) is 97.8 Å². The van der Waals surface area contributed by atoms with Crippen molar-refractivity contribution in [1.82, 2.24) is 10.5 Å². The Morgan fingerprint density at radius 1 is 1.07 bits per heavy atom. The van der Waals surface area contributed by atoms with Gasteiger partial charge in [0.15, 0.2) is 11.4 Å². The second-order valence-electron chi connectivity index (χ2n) is 6.62. The summed E-state index contributed by atoms with van der Waals surface area (Å²) in [6, 6.07) is 14.6. The smallest absolute Gasteiger partial charge is 0.329 e. The van der Waals surface area contributed by atoms with E-state index in [0.29, 0.717) is 16.9 Å². The summed E-state index contributed by atoms with van der Waals surface area (Å²) in [7, 11) is 0. The Morgan fingerprint density at radius 3 is 2.50 bits per heavy atom. The fourth-order valence-electron chi connectivity index (χ4n) is 2.98. The molecule has 1 heterocycles. The minimum atomic E-state index is -0.786. The maximum atomic E-state index is 12.3. The first-order valence-electron chi connectivity index (χ1n) is 8.90. The number of carbonyl (C=O) groups excluding carboxylic acids is 2. The van der Waals surface area contributed by atoms with Gasteiger partial charge >= 0.3 is 11.9 Å². The summed E-state index contributed by atoms with van der Waals surface area (Å²) in [4.78, 5) is 32.2. The molecule has 0 saturated heterocycles. The molecular weight excluding hydrogens is 360 g/mol. The number of rotatable bonds is 4. The number of pyridine rings is 1. The van der Waals surface area contributed by atoms with Crippen LogP contribution in [0.3, 0.4) is 0 Å². The van der Waals surface area contributed by atoms with Crippen LogP contribution < -0.4 is 10.2 Å². The van der Waals surface area contributed by atoms with Crippen molar-refractivity contribution in [1.29, 1.82) is 0 Å². The van der Waals surface area contributed by atoms with Gasteiger partial charge in [0.2, 0.25) is 0 Å². The summed E-state index contributed by atoms with van der Waals surface area (Å²) in [5.41, 5.74) is 2.56. The van der Waals surface area contributed by atoms with Crippen LogP contribution in [0.4, 0.5) is 0 Å². The van der Waals surface area contributed by atoms with E-state index in [4.69, 9.17) is 4.74 Å². The van der Waals surface area contributed by atoms with Crippen molar-refractivity contribution in [2.75, 3.05) is 0 Å². The lowest BCUT2D eigenvalue weighted by Gasteiger charge is -2.13. The van der Waals surface area contributed by atoms with Crippen LogP contribution in [-0.4, -0.2) is 22.0 Å². The van der Waals surface area contributed by atoms with E-state index in [-0.39, 0.29) is 17.4 Å². The van der Waals surface area contributed by atoms with Crippen molar-refractivity contribution in [3.8, 4) is 17.2 Å². The molecule has 2 aromatic carbocycles. The molecule has 0 unspecified atom stereocenters. The first-order chi connectivity index (χ1) is 13.5. The van der Waals surface area contributed by atoms with E-state index in [1.54, 1.807) is 12.1 Å². The van der Waals surface area contributed by atoms with Gasteiger partial charge in [-0.15, -0.1) is 0 Å². The Labute approximate surface area is 160 Å². The molecule has 1 fully saturated rings. The fourth-order valence-corrected chi connectivity index (χ4v) is 2.98. The van der Waals surface area contributed by atoms with Gasteiger partial charge in [0.05, 0.1) is 5.69 Å². The van der Waals surface area contributed by atoms with E-state index in [0.717, 1.165) is 30.8 Å². The van der Waals surface area contributed by atoms with E-state index in [1.165, 1.54) is 0 Å². The number of carbonyl (C=O) groups is 2. The highest BCUT2D eigenvalue weighted by Gasteiger charge is 2.30. The van der Waals surface area contributed by atoms with E-state index in [1.807, 2.05) is 41.9 Å². The molecule has 2 N–H and O–H groups in total. The molecule has 1 aliphatic carbocycles. The summed E-state index contributed by atoms with van der Waals surface area (Å²) >= 11 is 0. The normalized spacial score (nSPS) is 13.2. The van der Waals surface area contributed by atoms with Crippen LogP contribution in [0.5, 0.6) is 17.2 Å². The van der Waals surface area contributed by atoms with E-state index in [2.05, 4.69) is 9.82 Å². The van der Waals surface area contributed by atoms with Crippen molar-refractivity contribution in [2.45, 2.75) is 25.7 Å². The lowest BCUT2D eigenvalue weighted by atomic mass is 10.0. The van der Waals surface area contributed by atoms with E-state index < -0.39 is 11.9 Å². The summed E-state index contributed by atoms with van der Waals surface area (Å²) in [6.07, 6.45) is 1.94. The number of hydrogen-bond acceptors (Lipinski definition) is 6. The Hall–Kier alpha value is -3.61. The van der Waals surface area contributed by atoms with Crippen molar-refractivity contribution in [2.24, 2.45) is 0 Å². The molecule has 28 heavy (non-hydrogen) atoms. The molecule has 4 rings (SSSR count). The highest BCUT2D eigenvalue weighted by atomic mass is 16.7. The van der Waals surface area contributed by atoms with Crippen molar-refractivity contribution >= 4 is 22.6 Å². The molecule has 7 heteroatoms. The summed E-state index contributed by atoms with van der Waals surface area (Å²) in [6.45, 7) is 1.16. The van der Waals surface area contributed by atoms with Gasteiger partial charge in [0.25, 0.3) is 0 Å². The van der Waals surface area contributed by atoms with Gasteiger partial charge in [-0.05, 0) is 43.2 Å². The molecule has 1 aromatic heterocycles. The highest BCUT2D eigenvalue weighted by Crippen LogP contribution is 2.45. The SMILES string of the molecule is CC(=O)ONC(=O)c1nc(C2CC2)c2ccc(Oc3ccccc3)cc2c1O. The third kappa shape index (κ3) is 3.59. The molecule has 142 valence electrons. The molecule has 0 bridgehead atoms. The number of hydrogen-bond donors (Lipinski definition) is 2. The first kappa shape index (κ1) is 17.8. The third-order valence-corrected chi connectivity index (χ3v) is 4.42. The number of ether oxygens (including phenoxy) is 1. The van der Waals surface area contributed by atoms with Crippen LogP contribution in [0, 0.1) is 0 Å². The monoisotopic (exact) mass is 378 g/mol. The first-order valence-corrected chi connectivity index (χ1v) is 8.90. The number of nitrogens with one attached hydrogen (secondary N) is 1. The quantitative estimate of drug-likeness (QED) is 0.670. The molecule has 0 spiro atoms. The Balaban J connectivity index is 1.77. The molecule has 1 aliphatic rings. The zero-order valence-electron chi connectivity index (χ0n) is 15.1. The lowest BCUT2D eigenvalue weighted by Crippen LogP contribution is -2.27. The van der Waals surface area contributed by atoms with Gasteiger partial charge in [0, 0.05) is 23.6 Å². The molecule has 3 aromatic rings. The van der Waals surface area contributed by atoms with Crippen LogP contribution in [0.1, 0.15) is 41.9 Å². The summed E-state index contributed by atoms with van der Waals surface area (Å²) in [5, 5.41) is 11.9. The number of aromatic nitrogens is 1. The Kier molecular flexibility index (Phi) is 4.57. The number of aromatic hydroxyl groups is 1.